The second kappa shape index (κ2) is 5.36. The summed E-state index contributed by atoms with van der Waals surface area (Å²) in [5, 5.41) is 2.25. The standard InChI is InChI=1S/C20H16O3/c1-21-18-11-10-13(12-19(18)22-2)14-7-5-8-16-15-6-3-4-9-17(15)23-20(14)16/h3-12H,1-2H3. The van der Waals surface area contributed by atoms with Gasteiger partial charge in [0.25, 0.3) is 0 Å². The Bertz CT molecular complexity index is 998. The average Bonchev–Trinajstić information content (AvgIpc) is 3.00. The predicted octanol–water partition coefficient (Wildman–Crippen LogP) is 5.27. The molecule has 3 heteroatoms. The van der Waals surface area contributed by atoms with Crippen LogP contribution in [0.1, 0.15) is 0 Å². The van der Waals surface area contributed by atoms with Gasteiger partial charge in [0.1, 0.15) is 11.2 Å². The third kappa shape index (κ3) is 2.13. The normalized spacial score (nSPS) is 11.0. The Hall–Kier alpha value is -2.94. The van der Waals surface area contributed by atoms with Crippen molar-refractivity contribution in [1.29, 1.82) is 0 Å². The SMILES string of the molecule is COc1ccc(-c2cccc3c2oc2ccccc23)cc1OC. The van der Waals surface area contributed by atoms with Gasteiger partial charge in [-0.25, -0.2) is 0 Å². The molecule has 1 aromatic heterocycles. The van der Waals surface area contributed by atoms with Crippen molar-refractivity contribution in [2.45, 2.75) is 0 Å². The quantitative estimate of drug-likeness (QED) is 0.516. The van der Waals surface area contributed by atoms with E-state index in [1.807, 2.05) is 36.4 Å². The Morgan fingerprint density at radius 2 is 1.52 bits per heavy atom. The summed E-state index contributed by atoms with van der Waals surface area (Å²) in [7, 11) is 3.28. The number of hydrogen-bond donors (Lipinski definition) is 0. The van der Waals surface area contributed by atoms with Gasteiger partial charge in [-0.05, 0) is 23.8 Å². The molecule has 0 aliphatic heterocycles. The van der Waals surface area contributed by atoms with Crippen molar-refractivity contribution >= 4 is 21.9 Å². The van der Waals surface area contributed by atoms with Crippen molar-refractivity contribution in [3.63, 3.8) is 0 Å². The van der Waals surface area contributed by atoms with E-state index in [9.17, 15) is 0 Å². The molecule has 1 heterocycles. The molecule has 3 nitrogen and oxygen atoms in total. The van der Waals surface area contributed by atoms with Crippen molar-refractivity contribution in [3.05, 3.63) is 60.7 Å². The van der Waals surface area contributed by atoms with Gasteiger partial charge in [-0.15, -0.1) is 0 Å². The van der Waals surface area contributed by atoms with E-state index in [1.165, 1.54) is 0 Å². The largest absolute Gasteiger partial charge is 0.493 e. The Labute approximate surface area is 134 Å². The van der Waals surface area contributed by atoms with Crippen LogP contribution in [0, 0.1) is 0 Å². The summed E-state index contributed by atoms with van der Waals surface area (Å²) in [6, 6.07) is 20.2. The van der Waals surface area contributed by atoms with Crippen molar-refractivity contribution in [3.8, 4) is 22.6 Å². The topological polar surface area (TPSA) is 31.6 Å². The van der Waals surface area contributed by atoms with Gasteiger partial charge >= 0.3 is 0 Å². The third-order valence-corrected chi connectivity index (χ3v) is 4.10. The fourth-order valence-corrected chi connectivity index (χ4v) is 2.98. The first-order valence-corrected chi connectivity index (χ1v) is 7.44. The van der Waals surface area contributed by atoms with E-state index in [0.717, 1.165) is 33.1 Å². The molecular formula is C20H16O3. The molecule has 0 unspecified atom stereocenters. The number of furan rings is 1. The molecule has 0 aliphatic rings. The van der Waals surface area contributed by atoms with Gasteiger partial charge in [-0.1, -0.05) is 42.5 Å². The number of benzene rings is 3. The minimum absolute atomic E-state index is 0.707. The Morgan fingerprint density at radius 3 is 2.35 bits per heavy atom. The number of ether oxygens (including phenoxy) is 2. The lowest BCUT2D eigenvalue weighted by atomic mass is 10.0. The van der Waals surface area contributed by atoms with Gasteiger partial charge in [-0.3, -0.25) is 0 Å². The van der Waals surface area contributed by atoms with Crippen LogP contribution in [-0.4, -0.2) is 14.2 Å². The molecule has 0 saturated carbocycles. The highest BCUT2D eigenvalue weighted by atomic mass is 16.5. The van der Waals surface area contributed by atoms with Crippen molar-refractivity contribution in [1.82, 2.24) is 0 Å². The maximum Gasteiger partial charge on any atom is 0.161 e. The molecule has 0 aliphatic carbocycles. The van der Waals surface area contributed by atoms with Crippen molar-refractivity contribution in [2.24, 2.45) is 0 Å². The monoisotopic (exact) mass is 304 g/mol. The summed E-state index contributed by atoms with van der Waals surface area (Å²) in [4.78, 5) is 0. The fraction of sp³-hybridized carbons (Fsp3) is 0.100. The Balaban J connectivity index is 1.99. The van der Waals surface area contributed by atoms with E-state index in [2.05, 4.69) is 24.3 Å². The van der Waals surface area contributed by atoms with Crippen LogP contribution < -0.4 is 9.47 Å². The maximum atomic E-state index is 6.10. The zero-order chi connectivity index (χ0) is 15.8. The molecule has 0 amide bonds. The summed E-state index contributed by atoms with van der Waals surface area (Å²) in [6.07, 6.45) is 0. The minimum atomic E-state index is 0.707. The molecule has 0 bridgehead atoms. The summed E-state index contributed by atoms with van der Waals surface area (Å²) < 4.78 is 16.8. The van der Waals surface area contributed by atoms with Crippen LogP contribution in [-0.2, 0) is 0 Å². The molecule has 0 N–H and O–H groups in total. The fourth-order valence-electron chi connectivity index (χ4n) is 2.98. The van der Waals surface area contributed by atoms with Gasteiger partial charge in [0.2, 0.25) is 0 Å². The van der Waals surface area contributed by atoms with Crippen LogP contribution in [0.3, 0.4) is 0 Å². The van der Waals surface area contributed by atoms with E-state index in [0.29, 0.717) is 11.5 Å². The molecular weight excluding hydrogens is 288 g/mol. The van der Waals surface area contributed by atoms with Crippen LogP contribution in [0.5, 0.6) is 11.5 Å². The van der Waals surface area contributed by atoms with E-state index in [4.69, 9.17) is 13.9 Å². The average molecular weight is 304 g/mol. The van der Waals surface area contributed by atoms with E-state index >= 15 is 0 Å². The molecule has 4 rings (SSSR count). The Kier molecular flexibility index (Phi) is 3.19. The van der Waals surface area contributed by atoms with E-state index in [1.54, 1.807) is 14.2 Å². The first-order chi connectivity index (χ1) is 11.3. The lowest BCUT2D eigenvalue weighted by molar-refractivity contribution is 0.355. The molecule has 0 fully saturated rings. The number of para-hydroxylation sites is 2. The third-order valence-electron chi connectivity index (χ3n) is 4.10. The van der Waals surface area contributed by atoms with E-state index < -0.39 is 0 Å². The second-order valence-corrected chi connectivity index (χ2v) is 5.35. The second-order valence-electron chi connectivity index (χ2n) is 5.35. The lowest BCUT2D eigenvalue weighted by Gasteiger charge is -2.10. The Morgan fingerprint density at radius 1 is 0.739 bits per heavy atom. The number of rotatable bonds is 3. The van der Waals surface area contributed by atoms with Gasteiger partial charge in [0, 0.05) is 16.3 Å². The summed E-state index contributed by atoms with van der Waals surface area (Å²) in [5.41, 5.74) is 3.86. The highest BCUT2D eigenvalue weighted by Gasteiger charge is 2.13. The van der Waals surface area contributed by atoms with Crippen LogP contribution in [0.25, 0.3) is 33.1 Å². The highest BCUT2D eigenvalue weighted by Crippen LogP contribution is 2.38. The molecule has 0 atom stereocenters. The molecule has 0 radical (unpaired) electrons. The van der Waals surface area contributed by atoms with Gasteiger partial charge < -0.3 is 13.9 Å². The van der Waals surface area contributed by atoms with Gasteiger partial charge in [-0.2, -0.15) is 0 Å². The smallest absolute Gasteiger partial charge is 0.161 e. The summed E-state index contributed by atoms with van der Waals surface area (Å²) >= 11 is 0. The maximum absolute atomic E-state index is 6.10. The predicted molar refractivity (Wildman–Crippen MR) is 92.3 cm³/mol. The van der Waals surface area contributed by atoms with Crippen LogP contribution in [0.4, 0.5) is 0 Å². The van der Waals surface area contributed by atoms with Gasteiger partial charge in [0.05, 0.1) is 14.2 Å². The van der Waals surface area contributed by atoms with Crippen molar-refractivity contribution < 1.29 is 13.9 Å². The lowest BCUT2D eigenvalue weighted by Crippen LogP contribution is -1.90. The molecule has 114 valence electrons. The van der Waals surface area contributed by atoms with Crippen LogP contribution in [0.15, 0.2) is 65.1 Å². The zero-order valence-electron chi connectivity index (χ0n) is 13.0. The molecule has 0 saturated heterocycles. The van der Waals surface area contributed by atoms with Crippen LogP contribution in [0.2, 0.25) is 0 Å². The summed E-state index contributed by atoms with van der Waals surface area (Å²) in [5.74, 6) is 1.42. The van der Waals surface area contributed by atoms with Crippen molar-refractivity contribution in [2.75, 3.05) is 14.2 Å². The molecule has 23 heavy (non-hydrogen) atoms. The number of fused-ring (bicyclic) bond motifs is 3. The zero-order valence-corrected chi connectivity index (χ0v) is 13.0. The highest BCUT2D eigenvalue weighted by molar-refractivity contribution is 6.09. The number of hydrogen-bond acceptors (Lipinski definition) is 3. The molecule has 3 aromatic carbocycles. The number of methoxy groups -OCH3 is 2. The van der Waals surface area contributed by atoms with Gasteiger partial charge in [0.15, 0.2) is 11.5 Å². The first kappa shape index (κ1) is 13.7. The van der Waals surface area contributed by atoms with E-state index in [-0.39, 0.29) is 0 Å². The summed E-state index contributed by atoms with van der Waals surface area (Å²) in [6.45, 7) is 0. The first-order valence-electron chi connectivity index (χ1n) is 7.44. The van der Waals surface area contributed by atoms with Crippen LogP contribution >= 0.6 is 0 Å². The minimum Gasteiger partial charge on any atom is -0.493 e. The molecule has 0 spiro atoms. The molecule has 4 aromatic rings.